The van der Waals surface area contributed by atoms with Crippen LogP contribution in [0.3, 0.4) is 0 Å². The van der Waals surface area contributed by atoms with Gasteiger partial charge in [-0.25, -0.2) is 19.0 Å². The van der Waals surface area contributed by atoms with Gasteiger partial charge in [0.1, 0.15) is 5.60 Å². The minimum atomic E-state index is -1.70. The third-order valence-electron chi connectivity index (χ3n) is 4.10. The highest BCUT2D eigenvalue weighted by molar-refractivity contribution is 6.29. The molecule has 0 radical (unpaired) electrons. The van der Waals surface area contributed by atoms with Gasteiger partial charge < -0.3 is 19.9 Å². The molecule has 0 bridgehead atoms. The van der Waals surface area contributed by atoms with Gasteiger partial charge in [0, 0.05) is 12.2 Å². The van der Waals surface area contributed by atoms with Crippen molar-refractivity contribution in [2.24, 2.45) is 0 Å². The lowest BCUT2D eigenvalue weighted by Gasteiger charge is -2.19. The number of alkyl carbamates (subject to hydrolysis) is 1. The molecule has 3 aromatic rings. The molecule has 0 unspecified atom stereocenters. The molecular weight excluding hydrogens is 445 g/mol. The van der Waals surface area contributed by atoms with Crippen LogP contribution < -0.4 is 15.5 Å². The zero-order valence-electron chi connectivity index (χ0n) is 17.3. The Morgan fingerprint density at radius 1 is 1.25 bits per heavy atom. The predicted molar refractivity (Wildman–Crippen MR) is 114 cm³/mol. The van der Waals surface area contributed by atoms with Crippen LogP contribution in [0.25, 0.3) is 16.7 Å². The van der Waals surface area contributed by atoms with Crippen molar-refractivity contribution in [3.8, 4) is 11.4 Å². The average molecular weight is 464 g/mol. The van der Waals surface area contributed by atoms with Crippen LogP contribution >= 0.6 is 11.6 Å². The van der Waals surface area contributed by atoms with Crippen LogP contribution in [0.15, 0.2) is 41.3 Å². The fourth-order valence-electron chi connectivity index (χ4n) is 2.80. The molecule has 0 fully saturated rings. The van der Waals surface area contributed by atoms with Gasteiger partial charge in [-0.05, 0) is 44.5 Å². The largest absolute Gasteiger partial charge is 0.511 e. The maximum Gasteiger partial charge on any atom is 0.511 e. The SMILES string of the molecule is CC(C)(C)OC(=O)NCc1ccc(-n2cc(OC(=O)O)c(=O)c3cc(F)c(Cl)nc32)cc1. The minimum absolute atomic E-state index is 0.0127. The van der Waals surface area contributed by atoms with E-state index in [-0.39, 0.29) is 17.6 Å². The van der Waals surface area contributed by atoms with E-state index < -0.39 is 40.0 Å². The number of nitrogens with one attached hydrogen (secondary N) is 1. The third-order valence-corrected chi connectivity index (χ3v) is 4.37. The summed E-state index contributed by atoms with van der Waals surface area (Å²) in [7, 11) is 0. The molecule has 1 aromatic carbocycles. The Morgan fingerprint density at radius 3 is 2.50 bits per heavy atom. The molecule has 0 spiro atoms. The van der Waals surface area contributed by atoms with Gasteiger partial charge in [0.2, 0.25) is 5.43 Å². The Bertz CT molecular complexity index is 1250. The second-order valence-corrected chi connectivity index (χ2v) is 8.07. The second-order valence-electron chi connectivity index (χ2n) is 7.71. The summed E-state index contributed by atoms with van der Waals surface area (Å²) in [6.07, 6.45) is -1.13. The van der Waals surface area contributed by atoms with Gasteiger partial charge >= 0.3 is 12.2 Å². The topological polar surface area (TPSA) is 120 Å². The van der Waals surface area contributed by atoms with E-state index in [9.17, 15) is 18.8 Å². The fraction of sp³-hybridized carbons (Fsp3) is 0.238. The summed E-state index contributed by atoms with van der Waals surface area (Å²) in [6.45, 7) is 5.46. The third kappa shape index (κ3) is 5.33. The number of ether oxygens (including phenoxy) is 2. The zero-order valence-corrected chi connectivity index (χ0v) is 18.1. The van der Waals surface area contributed by atoms with Crippen molar-refractivity contribution in [2.45, 2.75) is 32.9 Å². The number of amides is 1. The van der Waals surface area contributed by atoms with Crippen LogP contribution in [-0.2, 0) is 11.3 Å². The summed E-state index contributed by atoms with van der Waals surface area (Å²) in [4.78, 5) is 39.2. The number of carbonyl (C=O) groups excluding carboxylic acids is 1. The van der Waals surface area contributed by atoms with E-state index in [1.54, 1.807) is 45.0 Å². The lowest BCUT2D eigenvalue weighted by Crippen LogP contribution is -2.32. The number of nitrogens with zero attached hydrogens (tertiary/aromatic N) is 2. The Kier molecular flexibility index (Phi) is 6.35. The van der Waals surface area contributed by atoms with Crippen molar-refractivity contribution in [2.75, 3.05) is 0 Å². The first-order valence-electron chi connectivity index (χ1n) is 9.33. The molecule has 2 aromatic heterocycles. The number of fused-ring (bicyclic) bond motifs is 1. The predicted octanol–water partition coefficient (Wildman–Crippen LogP) is 4.26. The summed E-state index contributed by atoms with van der Waals surface area (Å²) in [5.41, 5.74) is -0.257. The Balaban J connectivity index is 1.97. The maximum absolute atomic E-state index is 13.9. The molecule has 2 N–H and O–H groups in total. The van der Waals surface area contributed by atoms with E-state index in [1.165, 1.54) is 4.57 Å². The van der Waals surface area contributed by atoms with Crippen LogP contribution in [0, 0.1) is 5.82 Å². The second kappa shape index (κ2) is 8.83. The summed E-state index contributed by atoms with van der Waals surface area (Å²) >= 11 is 5.79. The number of hydrogen-bond acceptors (Lipinski definition) is 6. The van der Waals surface area contributed by atoms with Crippen LogP contribution in [0.4, 0.5) is 14.0 Å². The molecular formula is C21H19ClFN3O6. The fourth-order valence-corrected chi connectivity index (χ4v) is 2.94. The minimum Gasteiger partial charge on any atom is -0.449 e. The van der Waals surface area contributed by atoms with Gasteiger partial charge in [-0.15, -0.1) is 0 Å². The smallest absolute Gasteiger partial charge is 0.449 e. The molecule has 9 nitrogen and oxygen atoms in total. The zero-order chi connectivity index (χ0) is 23.6. The first kappa shape index (κ1) is 23.0. The van der Waals surface area contributed by atoms with Gasteiger partial charge in [0.25, 0.3) is 0 Å². The number of rotatable bonds is 4. The normalized spacial score (nSPS) is 11.3. The van der Waals surface area contributed by atoms with E-state index in [0.717, 1.165) is 17.8 Å². The standard InChI is InChI=1S/C21H19ClFN3O6/c1-21(2,3)32-19(28)24-9-11-4-6-12(7-5-11)26-10-15(31-20(29)30)16(27)13-8-14(23)17(22)25-18(13)26/h4-8,10H,9H2,1-3H3,(H,24,28)(H,29,30). The molecule has 0 aliphatic heterocycles. The van der Waals surface area contributed by atoms with Crippen LogP contribution in [0.5, 0.6) is 5.75 Å². The van der Waals surface area contributed by atoms with Crippen molar-refractivity contribution in [3.63, 3.8) is 0 Å². The number of aromatic nitrogens is 2. The number of pyridine rings is 2. The summed E-state index contributed by atoms with van der Waals surface area (Å²) < 4.78 is 25.0. The highest BCUT2D eigenvalue weighted by Gasteiger charge is 2.18. The Labute approximate surface area is 186 Å². The Morgan fingerprint density at radius 2 is 1.91 bits per heavy atom. The maximum atomic E-state index is 13.9. The van der Waals surface area contributed by atoms with Gasteiger partial charge in [0.05, 0.1) is 11.6 Å². The van der Waals surface area contributed by atoms with Gasteiger partial charge in [-0.3, -0.25) is 9.36 Å². The monoisotopic (exact) mass is 463 g/mol. The van der Waals surface area contributed by atoms with E-state index in [0.29, 0.717) is 5.69 Å². The van der Waals surface area contributed by atoms with E-state index in [1.807, 2.05) is 0 Å². The number of carboxylic acid groups (broad SMARTS) is 1. The Hall–Kier alpha value is -3.66. The first-order valence-corrected chi connectivity index (χ1v) is 9.71. The van der Waals surface area contributed by atoms with Crippen molar-refractivity contribution >= 4 is 34.9 Å². The molecule has 2 heterocycles. The summed E-state index contributed by atoms with van der Waals surface area (Å²) in [5, 5.41) is 10.9. The van der Waals surface area contributed by atoms with Crippen molar-refractivity contribution in [3.05, 3.63) is 63.3 Å². The van der Waals surface area contributed by atoms with Crippen molar-refractivity contribution in [1.29, 1.82) is 0 Å². The summed E-state index contributed by atoms with van der Waals surface area (Å²) in [5.74, 6) is -1.46. The number of halogens is 2. The van der Waals surface area contributed by atoms with E-state index in [4.69, 9.17) is 21.4 Å². The molecule has 1 amide bonds. The number of carbonyl (C=O) groups is 2. The van der Waals surface area contributed by atoms with Crippen LogP contribution in [-0.4, -0.2) is 32.5 Å². The molecule has 3 rings (SSSR count). The highest BCUT2D eigenvalue weighted by Crippen LogP contribution is 2.23. The van der Waals surface area contributed by atoms with E-state index >= 15 is 0 Å². The molecule has 0 saturated carbocycles. The van der Waals surface area contributed by atoms with Gasteiger partial charge in [0.15, 0.2) is 22.4 Å². The first-order chi connectivity index (χ1) is 14.9. The van der Waals surface area contributed by atoms with Crippen LogP contribution in [0.2, 0.25) is 5.15 Å². The molecule has 0 aliphatic rings. The molecule has 0 atom stereocenters. The van der Waals surface area contributed by atoms with Crippen molar-refractivity contribution in [1.82, 2.24) is 14.9 Å². The molecule has 11 heteroatoms. The van der Waals surface area contributed by atoms with Gasteiger partial charge in [-0.2, -0.15) is 0 Å². The number of benzene rings is 1. The summed E-state index contributed by atoms with van der Waals surface area (Å²) in [6, 6.07) is 7.54. The highest BCUT2D eigenvalue weighted by atomic mass is 35.5. The molecule has 168 valence electrons. The number of hydrogen-bond donors (Lipinski definition) is 2. The quantitative estimate of drug-likeness (QED) is 0.438. The molecule has 32 heavy (non-hydrogen) atoms. The average Bonchev–Trinajstić information content (AvgIpc) is 2.69. The lowest BCUT2D eigenvalue weighted by atomic mass is 10.2. The lowest BCUT2D eigenvalue weighted by molar-refractivity contribution is 0.0523. The van der Waals surface area contributed by atoms with Crippen LogP contribution in [0.1, 0.15) is 26.3 Å². The molecule has 0 aliphatic carbocycles. The van der Waals surface area contributed by atoms with E-state index in [2.05, 4.69) is 15.0 Å². The van der Waals surface area contributed by atoms with Crippen molar-refractivity contribution < 1.29 is 28.6 Å². The van der Waals surface area contributed by atoms with Gasteiger partial charge in [-0.1, -0.05) is 23.7 Å². The molecule has 0 saturated heterocycles.